The number of carbonyl (C=O) groups excluding carboxylic acids is 2. The number of hydrogen-bond acceptors (Lipinski definition) is 2. The molecular weight excluding hydrogens is 384 g/mol. The summed E-state index contributed by atoms with van der Waals surface area (Å²) in [6, 6.07) is 16.3. The molecule has 3 aromatic carbocycles. The standard InChI is InChI=1S/C27H28N2O2/c1-17-6-3-7-18(2)25(17)28-27(31)29-15-5-9-21(16-29)26(30)23-14-13-20-12-11-19-8-4-10-22(23)24(19)20/h3-4,6-8,10,13-14,21H,5,9,11-12,15-16H2,1-2H3,(H,28,31)/t21-/m1/s1. The summed E-state index contributed by atoms with van der Waals surface area (Å²) < 4.78 is 0. The Kier molecular flexibility index (Phi) is 5.01. The molecule has 1 aliphatic carbocycles. The van der Waals surface area contributed by atoms with Crippen molar-refractivity contribution in [2.24, 2.45) is 5.92 Å². The molecule has 0 unspecified atom stereocenters. The van der Waals surface area contributed by atoms with Crippen LogP contribution in [0.25, 0.3) is 10.8 Å². The van der Waals surface area contributed by atoms with Crippen LogP contribution in [0.1, 0.15) is 45.5 Å². The van der Waals surface area contributed by atoms with Gasteiger partial charge in [-0.25, -0.2) is 4.79 Å². The quantitative estimate of drug-likeness (QED) is 0.563. The van der Waals surface area contributed by atoms with Crippen LogP contribution in [0.5, 0.6) is 0 Å². The molecule has 1 heterocycles. The Morgan fingerprint density at radius 2 is 1.65 bits per heavy atom. The van der Waals surface area contributed by atoms with Gasteiger partial charge >= 0.3 is 6.03 Å². The topological polar surface area (TPSA) is 49.4 Å². The van der Waals surface area contributed by atoms with Gasteiger partial charge in [0.1, 0.15) is 0 Å². The van der Waals surface area contributed by atoms with Gasteiger partial charge in [-0.1, -0.05) is 48.5 Å². The van der Waals surface area contributed by atoms with Crippen molar-refractivity contribution in [3.8, 4) is 0 Å². The van der Waals surface area contributed by atoms with Crippen molar-refractivity contribution in [1.82, 2.24) is 4.90 Å². The lowest BCUT2D eigenvalue weighted by Crippen LogP contribution is -2.44. The fourth-order valence-electron chi connectivity index (χ4n) is 5.25. The minimum Gasteiger partial charge on any atom is -0.324 e. The summed E-state index contributed by atoms with van der Waals surface area (Å²) >= 11 is 0. The predicted octanol–water partition coefficient (Wildman–Crippen LogP) is 5.68. The summed E-state index contributed by atoms with van der Waals surface area (Å²) in [5, 5.41) is 5.43. The number of nitrogens with zero attached hydrogens (tertiary/aromatic N) is 1. The Hall–Kier alpha value is -3.14. The zero-order chi connectivity index (χ0) is 21.5. The van der Waals surface area contributed by atoms with E-state index in [1.807, 2.05) is 38.1 Å². The van der Waals surface area contributed by atoms with Crippen molar-refractivity contribution in [3.05, 3.63) is 76.3 Å². The number of para-hydroxylation sites is 1. The average molecular weight is 413 g/mol. The third kappa shape index (κ3) is 3.50. The summed E-state index contributed by atoms with van der Waals surface area (Å²) in [6.07, 6.45) is 3.78. The number of likely N-dealkylation sites (tertiary alicyclic amines) is 1. The third-order valence-corrected chi connectivity index (χ3v) is 6.93. The first-order valence-corrected chi connectivity index (χ1v) is 11.2. The van der Waals surface area contributed by atoms with Gasteiger partial charge in [0.25, 0.3) is 0 Å². The lowest BCUT2D eigenvalue weighted by molar-refractivity contribution is 0.0853. The minimum atomic E-state index is -0.157. The normalized spacial score (nSPS) is 17.7. The smallest absolute Gasteiger partial charge is 0.321 e. The molecule has 4 nitrogen and oxygen atoms in total. The number of Topliss-reactive ketones (excluding diaryl/α,β-unsaturated/α-hetero) is 1. The van der Waals surface area contributed by atoms with Gasteiger partial charge in [-0.3, -0.25) is 4.79 Å². The molecule has 5 rings (SSSR count). The van der Waals surface area contributed by atoms with Crippen LogP contribution in [0.15, 0.2) is 48.5 Å². The second kappa shape index (κ2) is 7.84. The van der Waals surface area contributed by atoms with Gasteiger partial charge in [0.05, 0.1) is 0 Å². The average Bonchev–Trinajstić information content (AvgIpc) is 3.21. The van der Waals surface area contributed by atoms with E-state index in [0.29, 0.717) is 13.1 Å². The van der Waals surface area contributed by atoms with Gasteiger partial charge in [0, 0.05) is 30.3 Å². The molecule has 2 amide bonds. The van der Waals surface area contributed by atoms with Crippen molar-refractivity contribution in [3.63, 3.8) is 0 Å². The highest BCUT2D eigenvalue weighted by atomic mass is 16.2. The number of urea groups is 1. The minimum absolute atomic E-state index is 0.115. The van der Waals surface area contributed by atoms with Gasteiger partial charge in [0.15, 0.2) is 5.78 Å². The summed E-state index contributed by atoms with van der Waals surface area (Å²) in [5.41, 5.74) is 6.47. The Balaban J connectivity index is 1.37. The molecule has 0 spiro atoms. The van der Waals surface area contributed by atoms with E-state index < -0.39 is 0 Å². The van der Waals surface area contributed by atoms with Crippen molar-refractivity contribution in [2.75, 3.05) is 18.4 Å². The fraction of sp³-hybridized carbons (Fsp3) is 0.333. The lowest BCUT2D eigenvalue weighted by Gasteiger charge is -2.32. The van der Waals surface area contributed by atoms with Crippen LogP contribution in [0.3, 0.4) is 0 Å². The Bertz CT molecular complexity index is 1170. The molecule has 0 bridgehead atoms. The fourth-order valence-corrected chi connectivity index (χ4v) is 5.25. The number of amides is 2. The van der Waals surface area contributed by atoms with E-state index in [-0.39, 0.29) is 17.7 Å². The van der Waals surface area contributed by atoms with Crippen LogP contribution in [0, 0.1) is 19.8 Å². The van der Waals surface area contributed by atoms with Crippen LogP contribution < -0.4 is 5.32 Å². The molecule has 158 valence electrons. The molecular formula is C27H28N2O2. The molecule has 31 heavy (non-hydrogen) atoms. The van der Waals surface area contributed by atoms with E-state index in [1.165, 1.54) is 16.5 Å². The van der Waals surface area contributed by atoms with Crippen LogP contribution in [-0.2, 0) is 12.8 Å². The number of rotatable bonds is 3. The monoisotopic (exact) mass is 412 g/mol. The number of aryl methyl sites for hydroxylation is 4. The predicted molar refractivity (Wildman–Crippen MR) is 125 cm³/mol. The van der Waals surface area contributed by atoms with E-state index in [2.05, 4.69) is 29.6 Å². The van der Waals surface area contributed by atoms with E-state index in [0.717, 1.165) is 53.4 Å². The maximum absolute atomic E-state index is 13.5. The first kappa shape index (κ1) is 19.8. The Morgan fingerprint density at radius 3 is 2.42 bits per heavy atom. The number of carbonyl (C=O) groups is 2. The van der Waals surface area contributed by atoms with Crippen LogP contribution >= 0.6 is 0 Å². The third-order valence-electron chi connectivity index (χ3n) is 6.93. The van der Waals surface area contributed by atoms with Crippen molar-refractivity contribution in [2.45, 2.75) is 39.5 Å². The van der Waals surface area contributed by atoms with Gasteiger partial charge in [-0.05, 0) is 72.6 Å². The van der Waals surface area contributed by atoms with Crippen LogP contribution in [0.4, 0.5) is 10.5 Å². The molecule has 0 saturated carbocycles. The van der Waals surface area contributed by atoms with E-state index >= 15 is 0 Å². The first-order valence-electron chi connectivity index (χ1n) is 11.2. The number of hydrogen-bond donors (Lipinski definition) is 1. The second-order valence-electron chi connectivity index (χ2n) is 8.96. The number of nitrogens with one attached hydrogen (secondary N) is 1. The molecule has 0 aromatic heterocycles. The van der Waals surface area contributed by atoms with Crippen molar-refractivity contribution in [1.29, 1.82) is 0 Å². The number of piperidine rings is 1. The molecule has 3 aromatic rings. The highest BCUT2D eigenvalue weighted by Crippen LogP contribution is 2.34. The molecule has 0 radical (unpaired) electrons. The largest absolute Gasteiger partial charge is 0.324 e. The molecule has 1 saturated heterocycles. The Morgan fingerprint density at radius 1 is 0.935 bits per heavy atom. The number of benzene rings is 3. The van der Waals surface area contributed by atoms with Crippen molar-refractivity contribution >= 4 is 28.3 Å². The molecule has 2 aliphatic rings. The van der Waals surface area contributed by atoms with Gasteiger partial charge in [-0.15, -0.1) is 0 Å². The second-order valence-corrected chi connectivity index (χ2v) is 8.96. The first-order chi connectivity index (χ1) is 15.0. The zero-order valence-electron chi connectivity index (χ0n) is 18.2. The highest BCUT2D eigenvalue weighted by Gasteiger charge is 2.31. The highest BCUT2D eigenvalue weighted by molar-refractivity contribution is 6.11. The summed E-state index contributed by atoms with van der Waals surface area (Å²) in [7, 11) is 0. The van der Waals surface area contributed by atoms with Crippen molar-refractivity contribution < 1.29 is 9.59 Å². The maximum Gasteiger partial charge on any atom is 0.321 e. The molecule has 1 fully saturated rings. The van der Waals surface area contributed by atoms with E-state index in [9.17, 15) is 9.59 Å². The SMILES string of the molecule is Cc1cccc(C)c1NC(=O)N1CCC[C@@H](C(=O)c2ccc3c4c(cccc24)CC3)C1. The maximum atomic E-state index is 13.5. The summed E-state index contributed by atoms with van der Waals surface area (Å²) in [4.78, 5) is 28.3. The lowest BCUT2D eigenvalue weighted by atomic mass is 9.87. The molecule has 1 atom stereocenters. The summed E-state index contributed by atoms with van der Waals surface area (Å²) in [5.74, 6) is 0.0103. The number of anilines is 1. The van der Waals surface area contributed by atoms with Gasteiger partial charge in [-0.2, -0.15) is 0 Å². The van der Waals surface area contributed by atoms with E-state index in [1.54, 1.807) is 4.90 Å². The molecule has 1 aliphatic heterocycles. The summed E-state index contributed by atoms with van der Waals surface area (Å²) in [6.45, 7) is 5.16. The molecule has 4 heteroatoms. The molecule has 1 N–H and O–H groups in total. The zero-order valence-corrected chi connectivity index (χ0v) is 18.2. The van der Waals surface area contributed by atoms with Gasteiger partial charge in [0.2, 0.25) is 0 Å². The van der Waals surface area contributed by atoms with Crippen LogP contribution in [-0.4, -0.2) is 29.8 Å². The number of ketones is 1. The Labute approximate surface area is 183 Å². The van der Waals surface area contributed by atoms with Crippen LogP contribution in [0.2, 0.25) is 0 Å². The van der Waals surface area contributed by atoms with Gasteiger partial charge < -0.3 is 10.2 Å². The van der Waals surface area contributed by atoms with E-state index in [4.69, 9.17) is 0 Å².